The second-order valence-electron chi connectivity index (χ2n) is 6.69. The lowest BCUT2D eigenvalue weighted by atomic mass is 10.0. The average molecular weight is 506 g/mol. The standard InChI is InChI=1S/C20H34N4O3.HI/c1-3-10-27-19-6-5-18(14-23-19)15-24-20(21-2)22-9-4-11-26-16-17-7-12-25-13-8-17;/h5-6,14,17H,3-4,7-13,15-16H2,1-2H3,(H2,21,22,24);1H. The van der Waals surface area contributed by atoms with Crippen molar-refractivity contribution < 1.29 is 14.2 Å². The van der Waals surface area contributed by atoms with Gasteiger partial charge in [0.1, 0.15) is 0 Å². The maximum atomic E-state index is 5.78. The highest BCUT2D eigenvalue weighted by molar-refractivity contribution is 14.0. The highest BCUT2D eigenvalue weighted by Crippen LogP contribution is 2.14. The summed E-state index contributed by atoms with van der Waals surface area (Å²) in [5.41, 5.74) is 1.08. The fraction of sp³-hybridized carbons (Fsp3) is 0.700. The molecule has 0 aromatic carbocycles. The quantitative estimate of drug-likeness (QED) is 0.208. The summed E-state index contributed by atoms with van der Waals surface area (Å²) in [4.78, 5) is 8.55. The molecule has 0 saturated carbocycles. The summed E-state index contributed by atoms with van der Waals surface area (Å²) in [6.07, 6.45) is 6.00. The Hall–Kier alpha value is -1.13. The molecule has 28 heavy (non-hydrogen) atoms. The number of pyridine rings is 1. The summed E-state index contributed by atoms with van der Waals surface area (Å²) in [6, 6.07) is 3.92. The van der Waals surface area contributed by atoms with Crippen molar-refractivity contribution in [3.63, 3.8) is 0 Å². The Morgan fingerprint density at radius 2 is 2.07 bits per heavy atom. The molecule has 160 valence electrons. The van der Waals surface area contributed by atoms with Gasteiger partial charge in [0.15, 0.2) is 5.96 Å². The van der Waals surface area contributed by atoms with Crippen LogP contribution in [0.2, 0.25) is 0 Å². The minimum atomic E-state index is 0. The molecule has 1 aromatic heterocycles. The van der Waals surface area contributed by atoms with E-state index in [0.29, 0.717) is 24.9 Å². The van der Waals surface area contributed by atoms with Gasteiger partial charge >= 0.3 is 0 Å². The van der Waals surface area contributed by atoms with Crippen molar-refractivity contribution in [3.8, 4) is 5.88 Å². The van der Waals surface area contributed by atoms with Crippen LogP contribution < -0.4 is 15.4 Å². The number of guanidine groups is 1. The number of aromatic nitrogens is 1. The molecule has 0 atom stereocenters. The first-order valence-electron chi connectivity index (χ1n) is 9.99. The average Bonchev–Trinajstić information content (AvgIpc) is 2.72. The lowest BCUT2D eigenvalue weighted by Crippen LogP contribution is -2.37. The zero-order valence-corrected chi connectivity index (χ0v) is 19.4. The second-order valence-corrected chi connectivity index (χ2v) is 6.69. The van der Waals surface area contributed by atoms with Gasteiger partial charge in [-0.3, -0.25) is 4.99 Å². The van der Waals surface area contributed by atoms with Crippen molar-refractivity contribution in [3.05, 3.63) is 23.9 Å². The molecule has 2 rings (SSSR count). The number of hydrogen-bond acceptors (Lipinski definition) is 5. The zero-order valence-electron chi connectivity index (χ0n) is 17.1. The predicted molar refractivity (Wildman–Crippen MR) is 123 cm³/mol. The molecule has 0 unspecified atom stereocenters. The van der Waals surface area contributed by atoms with Crippen LogP contribution in [0.1, 0.15) is 38.2 Å². The van der Waals surface area contributed by atoms with Crippen LogP contribution >= 0.6 is 24.0 Å². The van der Waals surface area contributed by atoms with E-state index in [9.17, 15) is 0 Å². The summed E-state index contributed by atoms with van der Waals surface area (Å²) in [5, 5.41) is 6.61. The Morgan fingerprint density at radius 1 is 1.25 bits per heavy atom. The van der Waals surface area contributed by atoms with Gasteiger partial charge in [-0.1, -0.05) is 13.0 Å². The first-order chi connectivity index (χ1) is 13.3. The predicted octanol–water partition coefficient (Wildman–Crippen LogP) is 2.99. The molecule has 8 heteroatoms. The maximum Gasteiger partial charge on any atom is 0.213 e. The topological polar surface area (TPSA) is 77.0 Å². The third-order valence-electron chi connectivity index (χ3n) is 4.39. The van der Waals surface area contributed by atoms with Gasteiger partial charge in [-0.15, -0.1) is 24.0 Å². The summed E-state index contributed by atoms with van der Waals surface area (Å²) >= 11 is 0. The minimum absolute atomic E-state index is 0. The number of halogens is 1. The molecule has 0 aliphatic carbocycles. The van der Waals surface area contributed by atoms with E-state index in [1.54, 1.807) is 7.05 Å². The van der Waals surface area contributed by atoms with Crippen LogP contribution in [-0.4, -0.2) is 57.6 Å². The molecule has 1 aliphatic heterocycles. The van der Waals surface area contributed by atoms with E-state index >= 15 is 0 Å². The molecule has 2 N–H and O–H groups in total. The summed E-state index contributed by atoms with van der Waals surface area (Å²) in [5.74, 6) is 2.11. The SMILES string of the molecule is CCCOc1ccc(CNC(=NC)NCCCOCC2CCOCC2)cn1.I. The van der Waals surface area contributed by atoms with E-state index in [1.807, 2.05) is 18.3 Å². The number of hydrogen-bond donors (Lipinski definition) is 2. The first-order valence-corrected chi connectivity index (χ1v) is 9.99. The molecule has 1 saturated heterocycles. The smallest absolute Gasteiger partial charge is 0.213 e. The highest BCUT2D eigenvalue weighted by atomic mass is 127. The lowest BCUT2D eigenvalue weighted by Gasteiger charge is -2.21. The molecule has 2 heterocycles. The number of aliphatic imine (C=N–C) groups is 1. The van der Waals surface area contributed by atoms with Gasteiger partial charge in [-0.2, -0.15) is 0 Å². The molecule has 0 spiro atoms. The Labute approximate surface area is 186 Å². The third kappa shape index (κ3) is 10.4. The van der Waals surface area contributed by atoms with Crippen molar-refractivity contribution in [2.45, 2.75) is 39.2 Å². The maximum absolute atomic E-state index is 5.78. The van der Waals surface area contributed by atoms with Crippen LogP contribution in [0.4, 0.5) is 0 Å². The van der Waals surface area contributed by atoms with Crippen LogP contribution in [0.15, 0.2) is 23.3 Å². The van der Waals surface area contributed by atoms with Crippen LogP contribution in [0.25, 0.3) is 0 Å². The molecule has 7 nitrogen and oxygen atoms in total. The van der Waals surface area contributed by atoms with Gasteiger partial charge in [0.05, 0.1) is 6.61 Å². The number of ether oxygens (including phenoxy) is 3. The van der Waals surface area contributed by atoms with Crippen molar-refractivity contribution in [1.82, 2.24) is 15.6 Å². The van der Waals surface area contributed by atoms with Gasteiger partial charge in [-0.05, 0) is 37.2 Å². The zero-order chi connectivity index (χ0) is 19.2. The fourth-order valence-electron chi connectivity index (χ4n) is 2.76. The Balaban J connectivity index is 0.00000392. The van der Waals surface area contributed by atoms with E-state index in [1.165, 1.54) is 0 Å². The normalized spacial score (nSPS) is 15.0. The van der Waals surface area contributed by atoms with E-state index < -0.39 is 0 Å². The Bertz CT molecular complexity index is 537. The van der Waals surface area contributed by atoms with E-state index in [4.69, 9.17) is 14.2 Å². The summed E-state index contributed by atoms with van der Waals surface area (Å²) in [6.45, 7) is 7.64. The first kappa shape index (κ1) is 24.9. The van der Waals surface area contributed by atoms with E-state index in [2.05, 4.69) is 27.5 Å². The molecule has 1 aromatic rings. The lowest BCUT2D eigenvalue weighted by molar-refractivity contribution is 0.0203. The van der Waals surface area contributed by atoms with Gasteiger partial charge in [-0.25, -0.2) is 4.98 Å². The van der Waals surface area contributed by atoms with Crippen LogP contribution in [0, 0.1) is 5.92 Å². The highest BCUT2D eigenvalue weighted by Gasteiger charge is 2.13. The second kappa shape index (κ2) is 15.8. The number of nitrogens with zero attached hydrogens (tertiary/aromatic N) is 2. The van der Waals surface area contributed by atoms with Gasteiger partial charge in [0.2, 0.25) is 5.88 Å². The van der Waals surface area contributed by atoms with Crippen molar-refractivity contribution in [1.29, 1.82) is 0 Å². The van der Waals surface area contributed by atoms with Crippen molar-refractivity contribution in [2.24, 2.45) is 10.9 Å². The molecule has 0 radical (unpaired) electrons. The fourth-order valence-corrected chi connectivity index (χ4v) is 2.76. The molecular formula is C20H35IN4O3. The van der Waals surface area contributed by atoms with E-state index in [-0.39, 0.29) is 24.0 Å². The Kier molecular flexibility index (Phi) is 14.0. The molecule has 0 bridgehead atoms. The van der Waals surface area contributed by atoms with Crippen LogP contribution in [0.3, 0.4) is 0 Å². The molecular weight excluding hydrogens is 471 g/mol. The third-order valence-corrected chi connectivity index (χ3v) is 4.39. The van der Waals surface area contributed by atoms with Crippen LogP contribution in [-0.2, 0) is 16.0 Å². The van der Waals surface area contributed by atoms with Gasteiger partial charge in [0.25, 0.3) is 0 Å². The number of rotatable bonds is 11. The summed E-state index contributed by atoms with van der Waals surface area (Å²) < 4.78 is 16.6. The van der Waals surface area contributed by atoms with Crippen molar-refractivity contribution in [2.75, 3.05) is 46.6 Å². The molecule has 0 amide bonds. The monoisotopic (exact) mass is 506 g/mol. The summed E-state index contributed by atoms with van der Waals surface area (Å²) in [7, 11) is 1.77. The molecule has 1 fully saturated rings. The minimum Gasteiger partial charge on any atom is -0.478 e. The van der Waals surface area contributed by atoms with Crippen molar-refractivity contribution >= 4 is 29.9 Å². The van der Waals surface area contributed by atoms with E-state index in [0.717, 1.165) is 70.2 Å². The molecule has 1 aliphatic rings. The van der Waals surface area contributed by atoms with Crippen LogP contribution in [0.5, 0.6) is 5.88 Å². The Morgan fingerprint density at radius 3 is 2.75 bits per heavy atom. The number of nitrogens with one attached hydrogen (secondary N) is 2. The largest absolute Gasteiger partial charge is 0.478 e. The van der Waals surface area contributed by atoms with Gasteiger partial charge < -0.3 is 24.8 Å². The van der Waals surface area contributed by atoms with Gasteiger partial charge in [0, 0.05) is 58.8 Å².